The largest absolute Gasteiger partial charge is 0.465 e. The number of nitrogens with one attached hydrogen (secondary N) is 1. The molecule has 0 saturated carbocycles. The Kier molecular flexibility index (Phi) is 6.96. The molecule has 0 unspecified atom stereocenters. The summed E-state index contributed by atoms with van der Waals surface area (Å²) >= 11 is 0. The number of halogens is 3. The molecule has 4 aromatic rings. The minimum atomic E-state index is -1.74. The lowest BCUT2D eigenvalue weighted by atomic mass is 9.82. The van der Waals surface area contributed by atoms with Crippen LogP contribution >= 0.6 is 0 Å². The van der Waals surface area contributed by atoms with E-state index in [1.807, 2.05) is 5.32 Å². The quantitative estimate of drug-likeness (QED) is 0.304. The van der Waals surface area contributed by atoms with Gasteiger partial charge in [0.05, 0.1) is 24.3 Å². The Bertz CT molecular complexity index is 1800. The smallest absolute Gasteiger partial charge is 0.411 e. The highest BCUT2D eigenvalue weighted by Gasteiger charge is 2.50. The first-order valence-electron chi connectivity index (χ1n) is 13.2. The van der Waals surface area contributed by atoms with E-state index in [4.69, 9.17) is 10.8 Å². The SMILES string of the molecule is NC1=NC(c2ccc(F)cc2)(c2ccc(F)cc2)C(=O)N1Cc1ccc(F)c(C(=O)N2Cc3cnc(NC(=O)O)nc3C2)c1. The van der Waals surface area contributed by atoms with Gasteiger partial charge in [0.25, 0.3) is 11.8 Å². The van der Waals surface area contributed by atoms with Gasteiger partial charge in [0.15, 0.2) is 11.5 Å². The highest BCUT2D eigenvalue weighted by atomic mass is 19.1. The lowest BCUT2D eigenvalue weighted by molar-refractivity contribution is -0.130. The summed E-state index contributed by atoms with van der Waals surface area (Å²) in [6.45, 7) is -0.112. The van der Waals surface area contributed by atoms with Crippen molar-refractivity contribution >= 4 is 29.8 Å². The molecule has 0 saturated heterocycles. The molecule has 3 heterocycles. The average molecular weight is 602 g/mol. The first-order chi connectivity index (χ1) is 21.0. The number of guanidine groups is 1. The zero-order valence-corrected chi connectivity index (χ0v) is 22.7. The monoisotopic (exact) mass is 601 g/mol. The molecule has 3 amide bonds. The first kappa shape index (κ1) is 28.3. The number of benzene rings is 3. The molecule has 0 aliphatic carbocycles. The van der Waals surface area contributed by atoms with E-state index in [-0.39, 0.29) is 37.1 Å². The molecule has 14 heteroatoms. The number of hydrogen-bond acceptors (Lipinski definition) is 7. The van der Waals surface area contributed by atoms with Crippen LogP contribution in [0.2, 0.25) is 0 Å². The van der Waals surface area contributed by atoms with E-state index in [9.17, 15) is 27.6 Å². The number of fused-ring (bicyclic) bond motifs is 1. The molecule has 0 spiro atoms. The number of nitrogens with zero attached hydrogens (tertiary/aromatic N) is 5. The molecule has 222 valence electrons. The van der Waals surface area contributed by atoms with Crippen molar-refractivity contribution in [2.75, 3.05) is 5.32 Å². The molecule has 0 radical (unpaired) electrons. The van der Waals surface area contributed by atoms with Crippen LogP contribution in [0.25, 0.3) is 0 Å². The topological polar surface area (TPSA) is 154 Å². The van der Waals surface area contributed by atoms with Gasteiger partial charge in [-0.25, -0.2) is 32.9 Å². The average Bonchev–Trinajstić information content (AvgIpc) is 3.53. The number of carboxylic acid groups (broad SMARTS) is 1. The molecule has 11 nitrogen and oxygen atoms in total. The summed E-state index contributed by atoms with van der Waals surface area (Å²) in [4.78, 5) is 53.4. The molecule has 44 heavy (non-hydrogen) atoms. The fourth-order valence-corrected chi connectivity index (χ4v) is 5.30. The van der Waals surface area contributed by atoms with Gasteiger partial charge < -0.3 is 15.7 Å². The summed E-state index contributed by atoms with van der Waals surface area (Å²) in [5.41, 5.74) is 6.20. The Morgan fingerprint density at radius 3 is 2.20 bits per heavy atom. The molecular formula is C30H22F3N7O4. The molecular weight excluding hydrogens is 579 g/mol. The number of amides is 3. The molecule has 6 rings (SSSR count). The first-order valence-corrected chi connectivity index (χ1v) is 13.2. The fourth-order valence-electron chi connectivity index (χ4n) is 5.30. The van der Waals surface area contributed by atoms with Crippen LogP contribution in [0, 0.1) is 17.5 Å². The van der Waals surface area contributed by atoms with Gasteiger partial charge >= 0.3 is 6.09 Å². The van der Waals surface area contributed by atoms with Crippen LogP contribution in [0.4, 0.5) is 23.9 Å². The normalized spacial score (nSPS) is 15.2. The number of carbonyl (C=O) groups excluding carboxylic acids is 2. The standard InChI is InChI=1S/C30H22F3N7O4/c31-20-6-2-18(3-7-20)30(19-4-8-21(32)9-5-19)26(42)40(27(34)38-30)13-16-1-10-23(33)22(11-16)25(41)39-14-17-12-35-28(37-29(43)44)36-24(17)15-39/h1-12H,13-15H2,(H2,34,38)(H,43,44)(H,35,36,37). The minimum absolute atomic E-state index is 0.00324. The van der Waals surface area contributed by atoms with Gasteiger partial charge in [-0.3, -0.25) is 19.8 Å². The molecule has 4 N–H and O–H groups in total. The molecule has 3 aromatic carbocycles. The third-order valence-corrected chi connectivity index (χ3v) is 7.40. The van der Waals surface area contributed by atoms with Crippen molar-refractivity contribution in [2.24, 2.45) is 10.7 Å². The van der Waals surface area contributed by atoms with Crippen LogP contribution in [0.15, 0.2) is 77.9 Å². The fraction of sp³-hybridized carbons (Fsp3) is 0.133. The maximum Gasteiger partial charge on any atom is 0.411 e. The molecule has 0 atom stereocenters. The number of rotatable bonds is 6. The summed E-state index contributed by atoms with van der Waals surface area (Å²) in [7, 11) is 0. The lowest BCUT2D eigenvalue weighted by Crippen LogP contribution is -2.43. The van der Waals surface area contributed by atoms with E-state index >= 15 is 0 Å². The number of anilines is 1. The Balaban J connectivity index is 1.27. The number of carbonyl (C=O) groups is 3. The second-order valence-corrected chi connectivity index (χ2v) is 10.2. The Labute approximate surface area is 247 Å². The number of aromatic nitrogens is 2. The van der Waals surface area contributed by atoms with Crippen molar-refractivity contribution in [3.63, 3.8) is 0 Å². The van der Waals surface area contributed by atoms with E-state index in [1.165, 1.54) is 71.8 Å². The van der Waals surface area contributed by atoms with Gasteiger partial charge in [0, 0.05) is 18.3 Å². The predicted octanol–water partition coefficient (Wildman–Crippen LogP) is 3.74. The molecule has 2 aliphatic heterocycles. The summed E-state index contributed by atoms with van der Waals surface area (Å²) < 4.78 is 42.5. The van der Waals surface area contributed by atoms with Gasteiger partial charge in [0.1, 0.15) is 17.5 Å². The Morgan fingerprint density at radius 1 is 0.955 bits per heavy atom. The van der Waals surface area contributed by atoms with Crippen LogP contribution in [-0.4, -0.2) is 48.7 Å². The van der Waals surface area contributed by atoms with E-state index in [1.54, 1.807) is 0 Å². The van der Waals surface area contributed by atoms with Crippen molar-refractivity contribution in [1.82, 2.24) is 19.8 Å². The summed E-state index contributed by atoms with van der Waals surface area (Å²) in [5.74, 6) is -3.45. The second kappa shape index (κ2) is 10.8. The second-order valence-electron chi connectivity index (χ2n) is 10.2. The maximum absolute atomic E-state index is 15.0. The van der Waals surface area contributed by atoms with Crippen LogP contribution in [0.5, 0.6) is 0 Å². The molecule has 1 aromatic heterocycles. The van der Waals surface area contributed by atoms with Crippen LogP contribution < -0.4 is 11.1 Å². The third kappa shape index (κ3) is 4.95. The summed E-state index contributed by atoms with van der Waals surface area (Å²) in [5, 5.41) is 10.9. The number of aliphatic imine (C=N–C) groups is 1. The highest BCUT2D eigenvalue weighted by molar-refractivity contribution is 6.09. The van der Waals surface area contributed by atoms with Crippen molar-refractivity contribution in [3.8, 4) is 0 Å². The van der Waals surface area contributed by atoms with Crippen LogP contribution in [-0.2, 0) is 30.0 Å². The van der Waals surface area contributed by atoms with E-state index in [0.717, 1.165) is 11.0 Å². The number of hydrogen-bond donors (Lipinski definition) is 3. The lowest BCUT2D eigenvalue weighted by Gasteiger charge is -2.27. The maximum atomic E-state index is 15.0. The summed E-state index contributed by atoms with van der Waals surface area (Å²) in [6.07, 6.45) is 0.0491. The van der Waals surface area contributed by atoms with E-state index in [0.29, 0.717) is 27.9 Å². The van der Waals surface area contributed by atoms with Gasteiger partial charge in [-0.15, -0.1) is 0 Å². The van der Waals surface area contributed by atoms with Gasteiger partial charge in [-0.2, -0.15) is 0 Å². The van der Waals surface area contributed by atoms with Gasteiger partial charge in [0.2, 0.25) is 5.95 Å². The van der Waals surface area contributed by atoms with Crippen LogP contribution in [0.3, 0.4) is 0 Å². The molecule has 2 aliphatic rings. The predicted molar refractivity (Wildman–Crippen MR) is 149 cm³/mol. The zero-order valence-electron chi connectivity index (χ0n) is 22.7. The van der Waals surface area contributed by atoms with Crippen molar-refractivity contribution in [1.29, 1.82) is 0 Å². The molecule has 0 bridgehead atoms. The van der Waals surface area contributed by atoms with Crippen molar-refractivity contribution in [2.45, 2.75) is 25.2 Å². The van der Waals surface area contributed by atoms with Gasteiger partial charge in [-0.05, 0) is 53.1 Å². The van der Waals surface area contributed by atoms with Crippen molar-refractivity contribution < 1.29 is 32.7 Å². The Morgan fingerprint density at radius 2 is 1.59 bits per heavy atom. The Hall–Kier alpha value is -5.79. The summed E-state index contributed by atoms with van der Waals surface area (Å²) in [6, 6.07) is 14.1. The number of nitrogens with two attached hydrogens (primary N) is 1. The zero-order chi connectivity index (χ0) is 31.2. The highest BCUT2D eigenvalue weighted by Crippen LogP contribution is 2.40. The molecule has 0 fully saturated rings. The van der Waals surface area contributed by atoms with Crippen LogP contribution in [0.1, 0.15) is 38.3 Å². The minimum Gasteiger partial charge on any atom is -0.465 e. The van der Waals surface area contributed by atoms with Crippen molar-refractivity contribution in [3.05, 3.63) is 124 Å². The third-order valence-electron chi connectivity index (χ3n) is 7.40. The van der Waals surface area contributed by atoms with E-state index in [2.05, 4.69) is 15.0 Å². The van der Waals surface area contributed by atoms with Gasteiger partial charge in [-0.1, -0.05) is 30.3 Å². The van der Waals surface area contributed by atoms with E-state index < -0.39 is 40.9 Å².